The molecule has 0 unspecified atom stereocenters. The molecule has 0 spiro atoms. The van der Waals surface area contributed by atoms with Crippen LogP contribution in [-0.4, -0.2) is 32.2 Å². The van der Waals surface area contributed by atoms with Crippen LogP contribution in [0.3, 0.4) is 0 Å². The fraction of sp³-hybridized carbons (Fsp3) is 0.471. The zero-order valence-corrected chi connectivity index (χ0v) is 15.8. The predicted molar refractivity (Wildman–Crippen MR) is 94.8 cm³/mol. The van der Waals surface area contributed by atoms with Crippen molar-refractivity contribution < 1.29 is 17.3 Å². The smallest absolute Gasteiger partial charge is 0.264 e. The van der Waals surface area contributed by atoms with Crippen LogP contribution in [0.4, 0.5) is 0 Å². The number of nitrogens with zero attached hydrogens (tertiary/aromatic N) is 3. The molecule has 0 bridgehead atoms. The minimum atomic E-state index is -3.80. The number of nitriles is 2. The molecule has 1 aromatic carbocycles. The minimum Gasteiger partial charge on any atom is -0.485 e. The average molecular weight is 376 g/mol. The van der Waals surface area contributed by atoms with Crippen LogP contribution in [0.2, 0.25) is 0 Å². The Morgan fingerprint density at radius 1 is 1.42 bits per heavy atom. The molecule has 0 saturated carbocycles. The normalized spacial score (nSPS) is 21.7. The monoisotopic (exact) mass is 376 g/mol. The third-order valence-corrected chi connectivity index (χ3v) is 4.47. The quantitative estimate of drug-likeness (QED) is 0.280. The second-order valence-corrected chi connectivity index (χ2v) is 8.00. The molecule has 1 aliphatic rings. The van der Waals surface area contributed by atoms with Gasteiger partial charge in [0, 0.05) is 12.0 Å². The molecule has 2 atom stereocenters. The van der Waals surface area contributed by atoms with E-state index >= 15 is 0 Å². The average Bonchev–Trinajstić information content (AvgIpc) is 2.55. The van der Waals surface area contributed by atoms with Gasteiger partial charge in [-0.05, 0) is 32.0 Å². The van der Waals surface area contributed by atoms with Gasteiger partial charge in [-0.15, -0.1) is 0 Å². The van der Waals surface area contributed by atoms with Gasteiger partial charge in [0.15, 0.2) is 6.19 Å². The van der Waals surface area contributed by atoms with Crippen molar-refractivity contribution >= 4 is 16.0 Å². The number of amidine groups is 1. The summed E-state index contributed by atoms with van der Waals surface area (Å²) in [6, 6.07) is 6.13. The van der Waals surface area contributed by atoms with Gasteiger partial charge >= 0.3 is 0 Å². The van der Waals surface area contributed by atoms with Gasteiger partial charge in [0.25, 0.3) is 10.1 Å². The summed E-state index contributed by atoms with van der Waals surface area (Å²) in [7, 11) is -3.80. The lowest BCUT2D eigenvalue weighted by atomic mass is 9.86. The van der Waals surface area contributed by atoms with E-state index in [-0.39, 0.29) is 0 Å². The molecule has 1 aliphatic heterocycles. The van der Waals surface area contributed by atoms with Crippen LogP contribution in [0, 0.1) is 22.8 Å². The fourth-order valence-electron chi connectivity index (χ4n) is 2.77. The van der Waals surface area contributed by atoms with E-state index in [2.05, 4.69) is 10.3 Å². The third-order valence-electron chi connectivity index (χ3n) is 3.91. The van der Waals surface area contributed by atoms with Gasteiger partial charge in [0.2, 0.25) is 0 Å². The summed E-state index contributed by atoms with van der Waals surface area (Å²) in [5.41, 5.74) is -0.0939. The van der Waals surface area contributed by atoms with Gasteiger partial charge in [-0.2, -0.15) is 18.9 Å². The molecular formula is C17H20N4O4S. The van der Waals surface area contributed by atoms with Gasteiger partial charge in [-0.3, -0.25) is 14.5 Å². The van der Waals surface area contributed by atoms with Crippen molar-refractivity contribution in [1.82, 2.24) is 5.32 Å². The standard InChI is InChI=1S/C17H20N4O4S/c1-5-14(20-10-19)21-15-12-8-11(9-18)6-7-13(12)24-17(2,3)16(15)25-26(4,22)23/h6-8,15-16H,5H2,1-4H3,(H,20,21)/t15-,16+/m1/s1. The van der Waals surface area contributed by atoms with E-state index in [4.69, 9.17) is 14.2 Å². The Bertz CT molecular complexity index is 910. The van der Waals surface area contributed by atoms with Crippen molar-refractivity contribution in [2.45, 2.75) is 44.9 Å². The van der Waals surface area contributed by atoms with Crippen LogP contribution >= 0.6 is 0 Å². The second-order valence-electron chi connectivity index (χ2n) is 6.40. The molecular weight excluding hydrogens is 356 g/mol. The summed E-state index contributed by atoms with van der Waals surface area (Å²) in [5.74, 6) is 0.870. The van der Waals surface area contributed by atoms with E-state index < -0.39 is 27.9 Å². The van der Waals surface area contributed by atoms with Gasteiger partial charge in [0.05, 0.1) is 17.9 Å². The van der Waals surface area contributed by atoms with Crippen molar-refractivity contribution in [1.29, 1.82) is 10.5 Å². The summed E-state index contributed by atoms with van der Waals surface area (Å²) in [6.07, 6.45) is 2.24. The molecule has 0 aromatic heterocycles. The highest BCUT2D eigenvalue weighted by molar-refractivity contribution is 7.86. The van der Waals surface area contributed by atoms with Gasteiger partial charge < -0.3 is 4.74 Å². The summed E-state index contributed by atoms with van der Waals surface area (Å²) in [4.78, 5) is 4.53. The van der Waals surface area contributed by atoms with Crippen molar-refractivity contribution in [3.63, 3.8) is 0 Å². The highest BCUT2D eigenvalue weighted by Crippen LogP contribution is 2.44. The first-order chi connectivity index (χ1) is 12.1. The van der Waals surface area contributed by atoms with Crippen molar-refractivity contribution in [2.75, 3.05) is 6.26 Å². The van der Waals surface area contributed by atoms with Crippen LogP contribution < -0.4 is 10.1 Å². The van der Waals surface area contributed by atoms with E-state index in [0.717, 1.165) is 6.26 Å². The van der Waals surface area contributed by atoms with E-state index in [1.165, 1.54) is 0 Å². The molecule has 138 valence electrons. The molecule has 0 saturated heterocycles. The number of nitrogens with one attached hydrogen (secondary N) is 1. The Balaban J connectivity index is 2.68. The third kappa shape index (κ3) is 4.31. The molecule has 1 heterocycles. The molecule has 9 heteroatoms. The lowest BCUT2D eigenvalue weighted by Gasteiger charge is -2.42. The van der Waals surface area contributed by atoms with Crippen molar-refractivity contribution in [2.24, 2.45) is 4.99 Å². The number of rotatable bonds is 4. The highest BCUT2D eigenvalue weighted by Gasteiger charge is 2.47. The molecule has 1 N–H and O–H groups in total. The molecule has 0 aliphatic carbocycles. The Morgan fingerprint density at radius 3 is 2.65 bits per heavy atom. The van der Waals surface area contributed by atoms with Gasteiger partial charge in [-0.25, -0.2) is 0 Å². The molecule has 1 aromatic rings. The molecule has 0 fully saturated rings. The zero-order valence-electron chi connectivity index (χ0n) is 15.0. The SMILES string of the molecule is CCC(=N[C@@H]1c2cc(C#N)ccc2OC(C)(C)[C@H]1OS(C)(=O)=O)NC#N. The first kappa shape index (κ1) is 19.7. The summed E-state index contributed by atoms with van der Waals surface area (Å²) in [6.45, 7) is 5.22. The van der Waals surface area contributed by atoms with E-state index in [1.54, 1.807) is 32.0 Å². The Hall–Kier alpha value is -2.62. The zero-order chi connectivity index (χ0) is 19.5. The van der Waals surface area contributed by atoms with Crippen LogP contribution in [0.25, 0.3) is 0 Å². The van der Waals surface area contributed by atoms with Crippen LogP contribution in [0.1, 0.15) is 44.4 Å². The molecule has 8 nitrogen and oxygen atoms in total. The maximum Gasteiger partial charge on any atom is 0.264 e. The summed E-state index contributed by atoms with van der Waals surface area (Å²) in [5, 5.41) is 20.6. The van der Waals surface area contributed by atoms with E-state index in [9.17, 15) is 13.7 Å². The number of hydrogen-bond acceptors (Lipinski definition) is 7. The molecule has 0 amide bonds. The minimum absolute atomic E-state index is 0.380. The van der Waals surface area contributed by atoms with Crippen molar-refractivity contribution in [3.8, 4) is 18.0 Å². The van der Waals surface area contributed by atoms with E-state index in [0.29, 0.717) is 29.1 Å². The molecule has 2 rings (SSSR count). The number of ether oxygens (including phenoxy) is 1. The highest BCUT2D eigenvalue weighted by atomic mass is 32.2. The summed E-state index contributed by atoms with van der Waals surface area (Å²) < 4.78 is 34.8. The predicted octanol–water partition coefficient (Wildman–Crippen LogP) is 1.99. The molecule has 0 radical (unpaired) electrons. The van der Waals surface area contributed by atoms with Crippen LogP contribution in [-0.2, 0) is 14.3 Å². The largest absolute Gasteiger partial charge is 0.485 e. The Labute approximate surface area is 153 Å². The first-order valence-electron chi connectivity index (χ1n) is 7.94. The Morgan fingerprint density at radius 2 is 2.12 bits per heavy atom. The first-order valence-corrected chi connectivity index (χ1v) is 9.76. The number of fused-ring (bicyclic) bond motifs is 1. The maximum absolute atomic E-state index is 11.8. The lowest BCUT2D eigenvalue weighted by molar-refractivity contribution is -0.0387. The number of hydrogen-bond donors (Lipinski definition) is 1. The maximum atomic E-state index is 11.8. The van der Waals surface area contributed by atoms with Gasteiger partial charge in [-0.1, -0.05) is 6.92 Å². The number of aliphatic imine (C=N–C) groups is 1. The van der Waals surface area contributed by atoms with E-state index in [1.807, 2.05) is 19.2 Å². The fourth-order valence-corrected chi connectivity index (χ4v) is 3.48. The lowest BCUT2D eigenvalue weighted by Crippen LogP contribution is -2.51. The van der Waals surface area contributed by atoms with Crippen LogP contribution in [0.5, 0.6) is 5.75 Å². The number of benzene rings is 1. The summed E-state index contributed by atoms with van der Waals surface area (Å²) >= 11 is 0. The van der Waals surface area contributed by atoms with Crippen LogP contribution in [0.15, 0.2) is 23.2 Å². The topological polar surface area (TPSA) is 125 Å². The molecule has 26 heavy (non-hydrogen) atoms. The second kappa shape index (κ2) is 7.32. The van der Waals surface area contributed by atoms with Crippen molar-refractivity contribution in [3.05, 3.63) is 29.3 Å². The van der Waals surface area contributed by atoms with Gasteiger partial charge in [0.1, 0.15) is 29.3 Å². The Kier molecular flexibility index (Phi) is 5.55.